The van der Waals surface area contributed by atoms with Gasteiger partial charge < -0.3 is 21.5 Å². The average molecular weight is 493 g/mol. The van der Waals surface area contributed by atoms with Gasteiger partial charge in [0.25, 0.3) is 11.8 Å². The minimum absolute atomic E-state index is 0.0365. The van der Waals surface area contributed by atoms with Crippen LogP contribution < -0.4 is 16.4 Å². The largest absolute Gasteiger partial charge is 0.478 e. The molecule has 0 aliphatic rings. The summed E-state index contributed by atoms with van der Waals surface area (Å²) in [6, 6.07) is 17.5. The predicted molar refractivity (Wildman–Crippen MR) is 134 cm³/mol. The van der Waals surface area contributed by atoms with Crippen molar-refractivity contribution in [3.8, 4) is 0 Å². The summed E-state index contributed by atoms with van der Waals surface area (Å²) in [5.74, 6) is -2.44. The van der Waals surface area contributed by atoms with E-state index in [-0.39, 0.29) is 32.5 Å². The summed E-state index contributed by atoms with van der Waals surface area (Å²) in [6.45, 7) is 0. The number of benzene rings is 3. The topological polar surface area (TPSA) is 145 Å². The molecular formula is C24H17ClN4O4S. The minimum atomic E-state index is -1.26. The number of carboxylic acids is 1. The molecule has 8 nitrogen and oxygen atoms in total. The highest BCUT2D eigenvalue weighted by Gasteiger charge is 2.21. The van der Waals surface area contributed by atoms with E-state index in [1.807, 2.05) is 12.1 Å². The Balaban J connectivity index is 1.61. The van der Waals surface area contributed by atoms with E-state index in [0.29, 0.717) is 11.3 Å². The molecule has 0 spiro atoms. The molecule has 4 aromatic rings. The Hall–Kier alpha value is -4.21. The van der Waals surface area contributed by atoms with Crippen LogP contribution in [0.2, 0.25) is 5.02 Å². The zero-order valence-corrected chi connectivity index (χ0v) is 19.0. The summed E-state index contributed by atoms with van der Waals surface area (Å²) in [4.78, 5) is 37.6. The third-order valence-electron chi connectivity index (χ3n) is 4.96. The zero-order valence-electron chi connectivity index (χ0n) is 17.4. The number of carboxylic acid groups (broad SMARTS) is 1. The summed E-state index contributed by atoms with van der Waals surface area (Å²) >= 11 is 7.56. The number of rotatable bonds is 6. The number of carbonyl (C=O) groups is 3. The second-order valence-corrected chi connectivity index (χ2v) is 8.64. The highest BCUT2D eigenvalue weighted by molar-refractivity contribution is 7.21. The molecule has 0 saturated heterocycles. The molecule has 0 aliphatic heterocycles. The van der Waals surface area contributed by atoms with E-state index >= 15 is 0 Å². The van der Waals surface area contributed by atoms with Crippen molar-refractivity contribution in [1.82, 2.24) is 0 Å². The first-order valence-electron chi connectivity index (χ1n) is 9.86. The predicted octanol–water partition coefficient (Wildman–Crippen LogP) is 5.04. The third kappa shape index (κ3) is 4.61. The van der Waals surface area contributed by atoms with Crippen molar-refractivity contribution < 1.29 is 19.5 Å². The molecule has 4 rings (SSSR count). The van der Waals surface area contributed by atoms with E-state index in [1.54, 1.807) is 36.4 Å². The van der Waals surface area contributed by atoms with Crippen molar-refractivity contribution in [2.24, 2.45) is 5.73 Å². The van der Waals surface area contributed by atoms with E-state index in [0.717, 1.165) is 10.1 Å². The first kappa shape index (κ1) is 23.0. The standard InChI is InChI=1S/C24H17ClN4O4S/c25-19-16-3-1-2-4-18(16)34-20(19)23(31)29-17-11-13(7-10-15(17)24(32)33)22(30)28-14-8-5-12(6-9-14)21(26)27/h1-11H,(H3,26,27)(H,28,30)(H,29,31)(H,32,33). The van der Waals surface area contributed by atoms with Crippen LogP contribution in [-0.2, 0) is 0 Å². The number of hydrogen-bond donors (Lipinski definition) is 5. The molecule has 3 aromatic carbocycles. The fourth-order valence-corrected chi connectivity index (χ4v) is 4.66. The Kier molecular flexibility index (Phi) is 6.31. The van der Waals surface area contributed by atoms with Gasteiger partial charge in [0.15, 0.2) is 0 Å². The van der Waals surface area contributed by atoms with Crippen LogP contribution in [0.1, 0.15) is 36.0 Å². The third-order valence-corrected chi connectivity index (χ3v) is 6.63. The number of nitrogens with one attached hydrogen (secondary N) is 3. The lowest BCUT2D eigenvalue weighted by molar-refractivity contribution is 0.0697. The highest BCUT2D eigenvalue weighted by Crippen LogP contribution is 2.35. The molecule has 0 radical (unpaired) electrons. The molecule has 0 fully saturated rings. The van der Waals surface area contributed by atoms with Crippen molar-refractivity contribution in [2.75, 3.05) is 10.6 Å². The van der Waals surface area contributed by atoms with E-state index < -0.39 is 17.8 Å². The van der Waals surface area contributed by atoms with Gasteiger partial charge in [-0.05, 0) is 48.5 Å². The van der Waals surface area contributed by atoms with Crippen LogP contribution in [0.25, 0.3) is 10.1 Å². The van der Waals surface area contributed by atoms with Gasteiger partial charge in [-0.3, -0.25) is 15.0 Å². The summed E-state index contributed by atoms with van der Waals surface area (Å²) in [5, 5.41) is 23.2. The van der Waals surface area contributed by atoms with Crippen molar-refractivity contribution in [2.45, 2.75) is 0 Å². The Morgan fingerprint density at radius 2 is 1.59 bits per heavy atom. The van der Waals surface area contributed by atoms with E-state index in [4.69, 9.17) is 22.7 Å². The van der Waals surface area contributed by atoms with Crippen molar-refractivity contribution in [3.05, 3.63) is 93.3 Å². The molecule has 0 saturated carbocycles. The second kappa shape index (κ2) is 9.34. The van der Waals surface area contributed by atoms with Gasteiger partial charge in [-0.2, -0.15) is 0 Å². The normalized spacial score (nSPS) is 10.6. The molecule has 0 atom stereocenters. The van der Waals surface area contributed by atoms with Gasteiger partial charge in [0.1, 0.15) is 10.7 Å². The fourth-order valence-electron chi connectivity index (χ4n) is 3.25. The summed E-state index contributed by atoms with van der Waals surface area (Å²) in [5.41, 5.74) is 6.32. The number of nitrogens with two attached hydrogens (primary N) is 1. The second-order valence-electron chi connectivity index (χ2n) is 7.21. The van der Waals surface area contributed by atoms with Gasteiger partial charge in [0.2, 0.25) is 0 Å². The maximum Gasteiger partial charge on any atom is 0.337 e. The average Bonchev–Trinajstić information content (AvgIpc) is 3.16. The Labute approximate surface area is 202 Å². The van der Waals surface area contributed by atoms with Gasteiger partial charge in [-0.15, -0.1) is 11.3 Å². The monoisotopic (exact) mass is 492 g/mol. The summed E-state index contributed by atoms with van der Waals surface area (Å²) in [6.07, 6.45) is 0. The Morgan fingerprint density at radius 3 is 2.24 bits per heavy atom. The molecule has 0 bridgehead atoms. The van der Waals surface area contributed by atoms with Crippen LogP contribution in [-0.4, -0.2) is 28.7 Å². The zero-order chi connectivity index (χ0) is 24.4. The number of nitrogen functional groups attached to an aromatic ring is 1. The molecule has 0 unspecified atom stereocenters. The molecule has 10 heteroatoms. The number of anilines is 2. The number of thiophene rings is 1. The smallest absolute Gasteiger partial charge is 0.337 e. The van der Waals surface area contributed by atoms with E-state index in [1.165, 1.54) is 29.5 Å². The number of hydrogen-bond acceptors (Lipinski definition) is 5. The number of aromatic carboxylic acids is 1. The first-order chi connectivity index (χ1) is 16.2. The number of carbonyl (C=O) groups excluding carboxylic acids is 2. The van der Waals surface area contributed by atoms with Crippen molar-refractivity contribution >= 4 is 68.0 Å². The van der Waals surface area contributed by atoms with Crippen LogP contribution in [0.4, 0.5) is 11.4 Å². The van der Waals surface area contributed by atoms with Gasteiger partial charge in [-0.1, -0.05) is 29.8 Å². The van der Waals surface area contributed by atoms with Gasteiger partial charge in [0.05, 0.1) is 16.3 Å². The minimum Gasteiger partial charge on any atom is -0.478 e. The van der Waals surface area contributed by atoms with Crippen LogP contribution in [0.15, 0.2) is 66.7 Å². The van der Waals surface area contributed by atoms with Gasteiger partial charge in [0, 0.05) is 26.9 Å². The van der Waals surface area contributed by atoms with Crippen LogP contribution in [0.5, 0.6) is 0 Å². The Bertz CT molecular complexity index is 1460. The van der Waals surface area contributed by atoms with E-state index in [9.17, 15) is 19.5 Å². The molecule has 0 aliphatic carbocycles. The summed E-state index contributed by atoms with van der Waals surface area (Å²) < 4.78 is 0.819. The van der Waals surface area contributed by atoms with Crippen LogP contribution in [0.3, 0.4) is 0 Å². The van der Waals surface area contributed by atoms with Gasteiger partial charge in [-0.25, -0.2) is 4.79 Å². The number of fused-ring (bicyclic) bond motifs is 1. The lowest BCUT2D eigenvalue weighted by Crippen LogP contribution is -2.17. The van der Waals surface area contributed by atoms with Gasteiger partial charge >= 0.3 is 5.97 Å². The number of amides is 2. The molecule has 6 N–H and O–H groups in total. The molecule has 34 heavy (non-hydrogen) atoms. The summed E-state index contributed by atoms with van der Waals surface area (Å²) in [7, 11) is 0. The molecule has 1 heterocycles. The van der Waals surface area contributed by atoms with Crippen LogP contribution in [0, 0.1) is 5.41 Å². The lowest BCUT2D eigenvalue weighted by Gasteiger charge is -2.11. The molecule has 2 amide bonds. The fraction of sp³-hybridized carbons (Fsp3) is 0. The SMILES string of the molecule is N=C(N)c1ccc(NC(=O)c2ccc(C(=O)O)c(NC(=O)c3sc4ccccc4c3Cl)c2)cc1. The number of amidine groups is 1. The Morgan fingerprint density at radius 1 is 0.912 bits per heavy atom. The maximum atomic E-state index is 12.9. The van der Waals surface area contributed by atoms with Crippen LogP contribution >= 0.6 is 22.9 Å². The van der Waals surface area contributed by atoms with Crippen molar-refractivity contribution in [3.63, 3.8) is 0 Å². The quantitative estimate of drug-likeness (QED) is 0.189. The number of halogens is 1. The van der Waals surface area contributed by atoms with Crippen molar-refractivity contribution in [1.29, 1.82) is 5.41 Å². The van der Waals surface area contributed by atoms with E-state index in [2.05, 4.69) is 10.6 Å². The molecular weight excluding hydrogens is 476 g/mol. The maximum absolute atomic E-state index is 12.9. The molecule has 170 valence electrons. The molecule has 1 aromatic heterocycles. The first-order valence-corrected chi connectivity index (χ1v) is 11.1. The lowest BCUT2D eigenvalue weighted by atomic mass is 10.1. The highest BCUT2D eigenvalue weighted by atomic mass is 35.5.